The minimum atomic E-state index is 0.0336. The average molecular weight is 242 g/mol. The molecule has 2 aliphatic rings. The third-order valence-corrected chi connectivity index (χ3v) is 5.04. The SMILES string of the molecule is CCCCCCCC1SCC2NC(=O)NC21. The second-order valence-electron chi connectivity index (χ2n) is 4.82. The van der Waals surface area contributed by atoms with E-state index in [4.69, 9.17) is 0 Å². The van der Waals surface area contributed by atoms with Crippen LogP contribution in [0.15, 0.2) is 0 Å². The Labute approximate surface area is 102 Å². The van der Waals surface area contributed by atoms with Crippen LogP contribution in [0, 0.1) is 0 Å². The van der Waals surface area contributed by atoms with Crippen LogP contribution >= 0.6 is 11.8 Å². The Morgan fingerprint density at radius 2 is 2.06 bits per heavy atom. The Hall–Kier alpha value is -0.380. The Bertz CT molecular complexity index is 247. The first-order chi connectivity index (χ1) is 7.81. The highest BCUT2D eigenvalue weighted by atomic mass is 32.2. The second kappa shape index (κ2) is 5.80. The van der Waals surface area contributed by atoms with Gasteiger partial charge in [-0.25, -0.2) is 4.79 Å². The molecule has 2 amide bonds. The van der Waals surface area contributed by atoms with E-state index in [-0.39, 0.29) is 6.03 Å². The number of rotatable bonds is 6. The largest absolute Gasteiger partial charge is 0.332 e. The van der Waals surface area contributed by atoms with Crippen molar-refractivity contribution in [1.29, 1.82) is 0 Å². The van der Waals surface area contributed by atoms with Crippen molar-refractivity contribution in [2.75, 3.05) is 5.75 Å². The van der Waals surface area contributed by atoms with Crippen LogP contribution in [-0.4, -0.2) is 29.1 Å². The van der Waals surface area contributed by atoms with E-state index in [0.29, 0.717) is 17.3 Å². The van der Waals surface area contributed by atoms with Crippen LogP contribution in [0.2, 0.25) is 0 Å². The molecule has 3 nitrogen and oxygen atoms in total. The summed E-state index contributed by atoms with van der Waals surface area (Å²) in [4.78, 5) is 11.2. The lowest BCUT2D eigenvalue weighted by atomic mass is 10.0. The zero-order chi connectivity index (χ0) is 11.4. The van der Waals surface area contributed by atoms with Crippen LogP contribution < -0.4 is 10.6 Å². The zero-order valence-corrected chi connectivity index (χ0v) is 10.8. The van der Waals surface area contributed by atoms with Crippen LogP contribution in [0.4, 0.5) is 4.79 Å². The summed E-state index contributed by atoms with van der Waals surface area (Å²) in [6.07, 6.45) is 7.97. The molecule has 3 atom stereocenters. The van der Waals surface area contributed by atoms with E-state index in [1.165, 1.54) is 38.5 Å². The Morgan fingerprint density at radius 1 is 1.25 bits per heavy atom. The fraction of sp³-hybridized carbons (Fsp3) is 0.917. The van der Waals surface area contributed by atoms with Crippen LogP contribution in [-0.2, 0) is 0 Å². The number of nitrogens with one attached hydrogen (secondary N) is 2. The number of unbranched alkanes of at least 4 members (excludes halogenated alkanes) is 4. The molecule has 0 aromatic heterocycles. The quantitative estimate of drug-likeness (QED) is 0.555. The fourth-order valence-corrected chi connectivity index (χ4v) is 4.14. The molecule has 2 aliphatic heterocycles. The average Bonchev–Trinajstić information content (AvgIpc) is 2.78. The van der Waals surface area contributed by atoms with Crippen molar-refractivity contribution in [3.05, 3.63) is 0 Å². The molecule has 2 heterocycles. The van der Waals surface area contributed by atoms with Gasteiger partial charge in [-0.3, -0.25) is 0 Å². The van der Waals surface area contributed by atoms with Crippen molar-refractivity contribution >= 4 is 17.8 Å². The maximum atomic E-state index is 11.2. The molecule has 2 saturated heterocycles. The predicted molar refractivity (Wildman–Crippen MR) is 68.9 cm³/mol. The van der Waals surface area contributed by atoms with Gasteiger partial charge < -0.3 is 10.6 Å². The number of carbonyl (C=O) groups is 1. The molecule has 0 spiro atoms. The molecule has 2 rings (SSSR count). The molecule has 3 unspecified atom stereocenters. The molecule has 0 aliphatic carbocycles. The van der Waals surface area contributed by atoms with Crippen LogP contribution in [0.3, 0.4) is 0 Å². The third kappa shape index (κ3) is 2.84. The lowest BCUT2D eigenvalue weighted by Crippen LogP contribution is -2.36. The van der Waals surface area contributed by atoms with Crippen molar-refractivity contribution in [3.8, 4) is 0 Å². The fourth-order valence-electron chi connectivity index (χ4n) is 2.59. The maximum Gasteiger partial charge on any atom is 0.315 e. The summed E-state index contributed by atoms with van der Waals surface area (Å²) in [5.41, 5.74) is 0. The minimum Gasteiger partial charge on any atom is -0.332 e. The number of hydrogen-bond donors (Lipinski definition) is 2. The Kier molecular flexibility index (Phi) is 4.38. The summed E-state index contributed by atoms with van der Waals surface area (Å²) in [6.45, 7) is 2.25. The van der Waals surface area contributed by atoms with Gasteiger partial charge in [-0.05, 0) is 6.42 Å². The number of thioether (sulfide) groups is 1. The van der Waals surface area contributed by atoms with Crippen molar-refractivity contribution in [2.45, 2.75) is 62.8 Å². The molecule has 0 saturated carbocycles. The van der Waals surface area contributed by atoms with E-state index in [9.17, 15) is 4.79 Å². The van der Waals surface area contributed by atoms with E-state index in [2.05, 4.69) is 17.6 Å². The Balaban J connectivity index is 1.65. The summed E-state index contributed by atoms with van der Waals surface area (Å²) >= 11 is 2.02. The van der Waals surface area contributed by atoms with Gasteiger partial charge in [0.15, 0.2) is 0 Å². The topological polar surface area (TPSA) is 41.1 Å². The van der Waals surface area contributed by atoms with Gasteiger partial charge in [0.25, 0.3) is 0 Å². The third-order valence-electron chi connectivity index (χ3n) is 3.53. The van der Waals surface area contributed by atoms with Gasteiger partial charge in [0.2, 0.25) is 0 Å². The molecule has 2 fully saturated rings. The summed E-state index contributed by atoms with van der Waals surface area (Å²) in [7, 11) is 0. The predicted octanol–water partition coefficient (Wildman–Crippen LogP) is 2.51. The van der Waals surface area contributed by atoms with Gasteiger partial charge in [-0.1, -0.05) is 39.0 Å². The number of urea groups is 1. The van der Waals surface area contributed by atoms with Crippen molar-refractivity contribution < 1.29 is 4.79 Å². The van der Waals surface area contributed by atoms with Crippen LogP contribution in [0.25, 0.3) is 0 Å². The molecule has 0 aromatic carbocycles. The van der Waals surface area contributed by atoms with E-state index >= 15 is 0 Å². The summed E-state index contributed by atoms with van der Waals surface area (Å²) in [6, 6.07) is 0.813. The van der Waals surface area contributed by atoms with E-state index in [1.807, 2.05) is 11.8 Å². The van der Waals surface area contributed by atoms with Gasteiger partial charge in [0.1, 0.15) is 0 Å². The van der Waals surface area contributed by atoms with Crippen molar-refractivity contribution in [3.63, 3.8) is 0 Å². The molecule has 92 valence electrons. The highest BCUT2D eigenvalue weighted by molar-refractivity contribution is 8.00. The van der Waals surface area contributed by atoms with Gasteiger partial charge in [0.05, 0.1) is 12.1 Å². The first-order valence-electron chi connectivity index (χ1n) is 6.50. The summed E-state index contributed by atoms with van der Waals surface area (Å²) in [5.74, 6) is 1.09. The number of fused-ring (bicyclic) bond motifs is 1. The molecule has 16 heavy (non-hydrogen) atoms. The smallest absolute Gasteiger partial charge is 0.315 e. The lowest BCUT2D eigenvalue weighted by Gasteiger charge is -2.16. The standard InChI is InChI=1S/C12H22N2OS/c1-2-3-4-5-6-7-10-11-9(8-16-10)13-12(15)14-11/h9-11H,2-8H2,1H3,(H2,13,14,15). The highest BCUT2D eigenvalue weighted by Gasteiger charge is 2.42. The summed E-state index contributed by atoms with van der Waals surface area (Å²) in [5, 5.41) is 6.68. The molecule has 0 aromatic rings. The minimum absolute atomic E-state index is 0.0336. The first kappa shape index (κ1) is 12.1. The van der Waals surface area contributed by atoms with E-state index < -0.39 is 0 Å². The molecule has 2 N–H and O–H groups in total. The van der Waals surface area contributed by atoms with Crippen molar-refractivity contribution in [2.24, 2.45) is 0 Å². The van der Waals surface area contributed by atoms with Gasteiger partial charge in [0, 0.05) is 11.0 Å². The number of amides is 2. The molecule has 0 radical (unpaired) electrons. The van der Waals surface area contributed by atoms with E-state index in [1.54, 1.807) is 0 Å². The molecule has 4 heteroatoms. The summed E-state index contributed by atoms with van der Waals surface area (Å²) < 4.78 is 0. The maximum absolute atomic E-state index is 11.2. The van der Waals surface area contributed by atoms with Gasteiger partial charge in [-0.15, -0.1) is 0 Å². The van der Waals surface area contributed by atoms with E-state index in [0.717, 1.165) is 5.75 Å². The Morgan fingerprint density at radius 3 is 2.88 bits per heavy atom. The van der Waals surface area contributed by atoms with Crippen molar-refractivity contribution in [1.82, 2.24) is 10.6 Å². The zero-order valence-electron chi connectivity index (χ0n) is 10.00. The number of carbonyl (C=O) groups excluding carboxylic acids is 1. The monoisotopic (exact) mass is 242 g/mol. The van der Waals surface area contributed by atoms with Crippen LogP contribution in [0.5, 0.6) is 0 Å². The first-order valence-corrected chi connectivity index (χ1v) is 7.54. The van der Waals surface area contributed by atoms with Gasteiger partial charge >= 0.3 is 6.03 Å². The molecular weight excluding hydrogens is 220 g/mol. The normalized spacial score (nSPS) is 32.3. The molecular formula is C12H22N2OS. The lowest BCUT2D eigenvalue weighted by molar-refractivity contribution is 0.247. The second-order valence-corrected chi connectivity index (χ2v) is 6.10. The molecule has 0 bridgehead atoms. The van der Waals surface area contributed by atoms with Crippen LogP contribution in [0.1, 0.15) is 45.4 Å². The number of hydrogen-bond acceptors (Lipinski definition) is 2. The highest BCUT2D eigenvalue weighted by Crippen LogP contribution is 2.33. The van der Waals surface area contributed by atoms with Gasteiger partial charge in [-0.2, -0.15) is 11.8 Å².